The molecule has 1 rings (SSSR count). The highest BCUT2D eigenvalue weighted by molar-refractivity contribution is 5.34. The Morgan fingerprint density at radius 3 is 3.00 bits per heavy atom. The molecule has 0 saturated heterocycles. The van der Waals surface area contributed by atoms with Gasteiger partial charge >= 0.3 is 0 Å². The molecule has 0 aliphatic rings. The van der Waals surface area contributed by atoms with Gasteiger partial charge in [-0.3, -0.25) is 0 Å². The van der Waals surface area contributed by atoms with E-state index in [1.54, 1.807) is 12.1 Å². The summed E-state index contributed by atoms with van der Waals surface area (Å²) in [5.41, 5.74) is 1.38. The van der Waals surface area contributed by atoms with Gasteiger partial charge in [-0.15, -0.1) is 0 Å². The molecule has 0 radical (unpaired) electrons. The fraction of sp³-hybridized carbons (Fsp3) is 0.455. The second-order valence-corrected chi connectivity index (χ2v) is 3.15. The molecule has 0 atom stereocenters. The molecule has 0 saturated carbocycles. The smallest absolute Gasteiger partial charge is 0.214 e. The summed E-state index contributed by atoms with van der Waals surface area (Å²) >= 11 is 0. The Kier molecular flexibility index (Phi) is 4.58. The van der Waals surface area contributed by atoms with Gasteiger partial charge in [-0.25, -0.2) is 4.98 Å². The summed E-state index contributed by atoms with van der Waals surface area (Å²) in [6.07, 6.45) is 0. The van der Waals surface area contributed by atoms with Crippen molar-refractivity contribution in [3.63, 3.8) is 0 Å². The molecule has 0 unspecified atom stereocenters. The van der Waals surface area contributed by atoms with Crippen LogP contribution >= 0.6 is 0 Å². The minimum Gasteiger partial charge on any atom is -0.476 e. The molecule has 0 aliphatic carbocycles. The number of nitrogens with zero attached hydrogens (tertiary/aromatic N) is 2. The molecule has 4 heteroatoms. The van der Waals surface area contributed by atoms with Crippen molar-refractivity contribution in [2.24, 2.45) is 0 Å². The van der Waals surface area contributed by atoms with Crippen molar-refractivity contribution in [2.75, 3.05) is 19.7 Å². The lowest BCUT2D eigenvalue weighted by molar-refractivity contribution is 0.303. The van der Waals surface area contributed by atoms with Crippen molar-refractivity contribution in [2.45, 2.75) is 13.8 Å². The van der Waals surface area contributed by atoms with Gasteiger partial charge in [0.2, 0.25) is 5.88 Å². The topological polar surface area (TPSA) is 57.9 Å². The molecule has 1 aromatic rings. The molecule has 1 N–H and O–H groups in total. The van der Waals surface area contributed by atoms with Crippen LogP contribution in [0.5, 0.6) is 5.88 Å². The minimum absolute atomic E-state index is 0.518. The lowest BCUT2D eigenvalue weighted by atomic mass is 10.2. The first-order chi connectivity index (χ1) is 7.26. The highest BCUT2D eigenvalue weighted by Crippen LogP contribution is 2.11. The second-order valence-electron chi connectivity index (χ2n) is 3.15. The van der Waals surface area contributed by atoms with Gasteiger partial charge in [-0.05, 0) is 19.5 Å². The highest BCUT2D eigenvalue weighted by atomic mass is 16.5. The van der Waals surface area contributed by atoms with Crippen molar-refractivity contribution in [3.05, 3.63) is 23.4 Å². The van der Waals surface area contributed by atoms with Crippen LogP contribution in [0.2, 0.25) is 0 Å². The van der Waals surface area contributed by atoms with Gasteiger partial charge in [-0.2, -0.15) is 5.26 Å². The third-order valence-corrected chi connectivity index (χ3v) is 1.84. The summed E-state index contributed by atoms with van der Waals surface area (Å²) in [5, 5.41) is 11.9. The number of likely N-dealkylation sites (N-methyl/N-ethyl adjacent to an activating group) is 1. The molecule has 80 valence electrons. The van der Waals surface area contributed by atoms with Crippen molar-refractivity contribution in [1.82, 2.24) is 10.3 Å². The second kappa shape index (κ2) is 5.99. The fourth-order valence-corrected chi connectivity index (χ4v) is 1.18. The lowest BCUT2D eigenvalue weighted by Gasteiger charge is -2.06. The van der Waals surface area contributed by atoms with E-state index in [0.717, 1.165) is 18.8 Å². The largest absolute Gasteiger partial charge is 0.476 e. The molecule has 0 aromatic carbocycles. The van der Waals surface area contributed by atoms with Crippen molar-refractivity contribution < 1.29 is 4.74 Å². The number of ether oxygens (including phenoxy) is 1. The van der Waals surface area contributed by atoms with Crippen molar-refractivity contribution >= 4 is 0 Å². The summed E-state index contributed by atoms with van der Waals surface area (Å²) in [5.74, 6) is 0.518. The molecule has 0 amide bonds. The zero-order valence-corrected chi connectivity index (χ0v) is 9.08. The Balaban J connectivity index is 2.54. The third kappa shape index (κ3) is 3.96. The maximum Gasteiger partial charge on any atom is 0.214 e. The first kappa shape index (κ1) is 11.5. The van der Waals surface area contributed by atoms with E-state index in [1.807, 2.05) is 13.8 Å². The number of aromatic nitrogens is 1. The number of nitriles is 1. The zero-order chi connectivity index (χ0) is 11.1. The standard InChI is InChI=1S/C11H15N3O/c1-3-13-4-5-15-11-7-10(8-12)6-9(2)14-11/h6-7,13H,3-5H2,1-2H3. The summed E-state index contributed by atoms with van der Waals surface area (Å²) < 4.78 is 5.41. The average molecular weight is 205 g/mol. The number of pyridine rings is 1. The normalized spacial score (nSPS) is 9.67. The predicted molar refractivity (Wildman–Crippen MR) is 57.7 cm³/mol. The molecule has 0 aliphatic heterocycles. The van der Waals surface area contributed by atoms with Crippen LogP contribution in [-0.2, 0) is 0 Å². The molecule has 15 heavy (non-hydrogen) atoms. The van der Waals surface area contributed by atoms with E-state index in [4.69, 9.17) is 10.00 Å². The van der Waals surface area contributed by atoms with Crippen LogP contribution in [0.4, 0.5) is 0 Å². The van der Waals surface area contributed by atoms with E-state index in [2.05, 4.69) is 16.4 Å². The summed E-state index contributed by atoms with van der Waals surface area (Å²) in [7, 11) is 0. The average Bonchev–Trinajstić information content (AvgIpc) is 2.23. The van der Waals surface area contributed by atoms with Crippen LogP contribution in [0.25, 0.3) is 0 Å². The molecule has 0 fully saturated rings. The Bertz CT molecular complexity index is 357. The van der Waals surface area contributed by atoms with Crippen molar-refractivity contribution in [3.8, 4) is 11.9 Å². The van der Waals surface area contributed by atoms with E-state index in [1.165, 1.54) is 0 Å². The van der Waals surface area contributed by atoms with Crippen molar-refractivity contribution in [1.29, 1.82) is 5.26 Å². The van der Waals surface area contributed by atoms with E-state index >= 15 is 0 Å². The fourth-order valence-electron chi connectivity index (χ4n) is 1.18. The van der Waals surface area contributed by atoms with Crippen LogP contribution in [0.3, 0.4) is 0 Å². The Morgan fingerprint density at radius 1 is 1.53 bits per heavy atom. The Morgan fingerprint density at radius 2 is 2.33 bits per heavy atom. The number of hydrogen-bond acceptors (Lipinski definition) is 4. The van der Waals surface area contributed by atoms with Gasteiger partial charge in [0.15, 0.2) is 0 Å². The number of aryl methyl sites for hydroxylation is 1. The van der Waals surface area contributed by atoms with Crippen LogP contribution < -0.4 is 10.1 Å². The quantitative estimate of drug-likeness (QED) is 0.735. The monoisotopic (exact) mass is 205 g/mol. The van der Waals surface area contributed by atoms with E-state index in [0.29, 0.717) is 18.1 Å². The summed E-state index contributed by atoms with van der Waals surface area (Å²) in [6, 6.07) is 5.46. The summed E-state index contributed by atoms with van der Waals surface area (Å²) in [6.45, 7) is 6.16. The molecular weight excluding hydrogens is 190 g/mol. The predicted octanol–water partition coefficient (Wildman–Crippen LogP) is 1.25. The van der Waals surface area contributed by atoms with Gasteiger partial charge in [0, 0.05) is 18.3 Å². The van der Waals surface area contributed by atoms with Crippen LogP contribution in [0, 0.1) is 18.3 Å². The Labute approximate surface area is 89.9 Å². The SMILES string of the molecule is CCNCCOc1cc(C#N)cc(C)n1. The highest BCUT2D eigenvalue weighted by Gasteiger charge is 2.00. The molecule has 0 bridgehead atoms. The third-order valence-electron chi connectivity index (χ3n) is 1.84. The van der Waals surface area contributed by atoms with Gasteiger partial charge in [-0.1, -0.05) is 6.92 Å². The maximum absolute atomic E-state index is 8.75. The molecule has 0 spiro atoms. The van der Waals surface area contributed by atoms with E-state index < -0.39 is 0 Å². The minimum atomic E-state index is 0.518. The molecule has 1 aromatic heterocycles. The molecular formula is C11H15N3O. The summed E-state index contributed by atoms with van der Waals surface area (Å²) in [4.78, 5) is 4.18. The van der Waals surface area contributed by atoms with Crippen LogP contribution in [0.1, 0.15) is 18.2 Å². The van der Waals surface area contributed by atoms with Crippen LogP contribution in [0.15, 0.2) is 12.1 Å². The number of hydrogen-bond donors (Lipinski definition) is 1. The Hall–Kier alpha value is -1.60. The van der Waals surface area contributed by atoms with Crippen LogP contribution in [-0.4, -0.2) is 24.7 Å². The van der Waals surface area contributed by atoms with Gasteiger partial charge in [0.25, 0.3) is 0 Å². The van der Waals surface area contributed by atoms with E-state index in [9.17, 15) is 0 Å². The maximum atomic E-state index is 8.75. The first-order valence-corrected chi connectivity index (χ1v) is 4.98. The molecule has 1 heterocycles. The lowest BCUT2D eigenvalue weighted by Crippen LogP contribution is -2.20. The first-order valence-electron chi connectivity index (χ1n) is 4.98. The van der Waals surface area contributed by atoms with Gasteiger partial charge in [0.1, 0.15) is 6.61 Å². The number of nitrogens with one attached hydrogen (secondary N) is 1. The number of rotatable bonds is 5. The van der Waals surface area contributed by atoms with Gasteiger partial charge in [0.05, 0.1) is 11.6 Å². The van der Waals surface area contributed by atoms with Gasteiger partial charge < -0.3 is 10.1 Å². The molecule has 4 nitrogen and oxygen atoms in total. The zero-order valence-electron chi connectivity index (χ0n) is 9.08. The van der Waals surface area contributed by atoms with E-state index in [-0.39, 0.29) is 0 Å².